The van der Waals surface area contributed by atoms with Crippen LogP contribution in [0.15, 0.2) is 42.7 Å². The number of amides is 2. The molecule has 0 aliphatic heterocycles. The van der Waals surface area contributed by atoms with Crippen LogP contribution in [0, 0.1) is 0 Å². The first-order valence-corrected chi connectivity index (χ1v) is 6.29. The summed E-state index contributed by atoms with van der Waals surface area (Å²) in [6, 6.07) is 8.03. The van der Waals surface area contributed by atoms with Gasteiger partial charge in [-0.25, -0.2) is 14.6 Å². The van der Waals surface area contributed by atoms with Gasteiger partial charge in [0.15, 0.2) is 0 Å². The van der Waals surface area contributed by atoms with Gasteiger partial charge in [0.1, 0.15) is 5.69 Å². The predicted molar refractivity (Wildman–Crippen MR) is 76.2 cm³/mol. The smallest absolute Gasteiger partial charge is 0.354 e. The Bertz CT molecular complexity index is 614. The largest absolute Gasteiger partial charge is 0.477 e. The number of urea groups is 1. The molecule has 2 amide bonds. The molecule has 0 unspecified atom stereocenters. The molecule has 3 N–H and O–H groups in total. The Morgan fingerprint density at radius 1 is 1.14 bits per heavy atom. The van der Waals surface area contributed by atoms with Crippen LogP contribution < -0.4 is 10.6 Å². The normalized spacial score (nSPS) is 9.90. The molecular weight excluding hydrogens is 272 g/mol. The lowest BCUT2D eigenvalue weighted by Gasteiger charge is -2.07. The average molecular weight is 286 g/mol. The van der Waals surface area contributed by atoms with E-state index >= 15 is 0 Å². The monoisotopic (exact) mass is 286 g/mol. The van der Waals surface area contributed by atoms with Crippen molar-refractivity contribution < 1.29 is 14.7 Å². The molecule has 0 aliphatic rings. The highest BCUT2D eigenvalue weighted by molar-refractivity contribution is 5.90. The fourth-order valence-electron chi connectivity index (χ4n) is 1.62. The first-order chi connectivity index (χ1) is 10.1. The number of carbonyl (C=O) groups excluding carboxylic acids is 1. The molecule has 0 saturated heterocycles. The lowest BCUT2D eigenvalue weighted by atomic mass is 10.3. The third kappa shape index (κ3) is 4.57. The minimum Gasteiger partial charge on any atom is -0.477 e. The van der Waals surface area contributed by atoms with Crippen molar-refractivity contribution in [2.75, 3.05) is 11.9 Å². The van der Waals surface area contributed by atoms with Crippen molar-refractivity contribution >= 4 is 17.7 Å². The highest BCUT2D eigenvalue weighted by Crippen LogP contribution is 2.05. The summed E-state index contributed by atoms with van der Waals surface area (Å²) in [7, 11) is 0. The zero-order valence-corrected chi connectivity index (χ0v) is 11.1. The zero-order valence-electron chi connectivity index (χ0n) is 11.1. The van der Waals surface area contributed by atoms with E-state index in [4.69, 9.17) is 5.11 Å². The van der Waals surface area contributed by atoms with Crippen molar-refractivity contribution in [3.63, 3.8) is 0 Å². The maximum Gasteiger partial charge on any atom is 0.354 e. The van der Waals surface area contributed by atoms with E-state index in [-0.39, 0.29) is 11.7 Å². The van der Waals surface area contributed by atoms with E-state index in [0.29, 0.717) is 18.7 Å². The molecule has 0 fully saturated rings. The van der Waals surface area contributed by atoms with Crippen molar-refractivity contribution in [1.82, 2.24) is 15.3 Å². The van der Waals surface area contributed by atoms with Crippen LogP contribution in [0.3, 0.4) is 0 Å². The SMILES string of the molecule is O=C(NCCc1ccccn1)Nc1ccc(C(=O)O)nc1. The molecule has 2 rings (SSSR count). The van der Waals surface area contributed by atoms with Gasteiger partial charge in [-0.1, -0.05) is 6.07 Å². The van der Waals surface area contributed by atoms with Gasteiger partial charge in [-0.15, -0.1) is 0 Å². The maximum atomic E-state index is 11.6. The Labute approximate surface area is 121 Å². The van der Waals surface area contributed by atoms with Gasteiger partial charge in [0, 0.05) is 24.9 Å². The molecule has 0 atom stereocenters. The van der Waals surface area contributed by atoms with Gasteiger partial charge >= 0.3 is 12.0 Å². The second kappa shape index (κ2) is 6.99. The molecule has 7 nitrogen and oxygen atoms in total. The van der Waals surface area contributed by atoms with Crippen molar-refractivity contribution in [3.05, 3.63) is 54.1 Å². The molecule has 0 saturated carbocycles. The molecule has 2 aromatic heterocycles. The van der Waals surface area contributed by atoms with Gasteiger partial charge in [-0.3, -0.25) is 4.98 Å². The number of rotatable bonds is 5. The number of aromatic nitrogens is 2. The van der Waals surface area contributed by atoms with Gasteiger partial charge in [0.2, 0.25) is 0 Å². The van der Waals surface area contributed by atoms with Gasteiger partial charge in [-0.2, -0.15) is 0 Å². The number of hydrogen-bond acceptors (Lipinski definition) is 4. The van der Waals surface area contributed by atoms with E-state index < -0.39 is 5.97 Å². The molecule has 0 bridgehead atoms. The Morgan fingerprint density at radius 2 is 2.00 bits per heavy atom. The first kappa shape index (κ1) is 14.4. The van der Waals surface area contributed by atoms with Crippen LogP contribution >= 0.6 is 0 Å². The quantitative estimate of drug-likeness (QED) is 0.773. The van der Waals surface area contributed by atoms with Crippen LogP contribution in [0.1, 0.15) is 16.2 Å². The van der Waals surface area contributed by atoms with Crippen LogP contribution in [0.25, 0.3) is 0 Å². The minimum absolute atomic E-state index is 0.0730. The fourth-order valence-corrected chi connectivity index (χ4v) is 1.62. The lowest BCUT2D eigenvalue weighted by Crippen LogP contribution is -2.30. The summed E-state index contributed by atoms with van der Waals surface area (Å²) in [6.45, 7) is 0.448. The van der Waals surface area contributed by atoms with E-state index in [9.17, 15) is 9.59 Å². The highest BCUT2D eigenvalue weighted by atomic mass is 16.4. The molecule has 0 aromatic carbocycles. The van der Waals surface area contributed by atoms with E-state index in [0.717, 1.165) is 5.69 Å². The summed E-state index contributed by atoms with van der Waals surface area (Å²) in [5.41, 5.74) is 1.25. The molecule has 0 aliphatic carbocycles. The van der Waals surface area contributed by atoms with Crippen LogP contribution in [0.4, 0.5) is 10.5 Å². The number of pyridine rings is 2. The number of nitrogens with zero attached hydrogens (tertiary/aromatic N) is 2. The number of aromatic carboxylic acids is 1. The van der Waals surface area contributed by atoms with Crippen LogP contribution in [-0.2, 0) is 6.42 Å². The van der Waals surface area contributed by atoms with Crippen molar-refractivity contribution in [2.24, 2.45) is 0 Å². The molecule has 0 radical (unpaired) electrons. The van der Waals surface area contributed by atoms with Gasteiger partial charge in [-0.05, 0) is 24.3 Å². The Balaban J connectivity index is 1.78. The average Bonchev–Trinajstić information content (AvgIpc) is 2.49. The van der Waals surface area contributed by atoms with E-state index in [1.165, 1.54) is 18.3 Å². The maximum absolute atomic E-state index is 11.6. The summed E-state index contributed by atoms with van der Waals surface area (Å²) in [5, 5.41) is 14.0. The van der Waals surface area contributed by atoms with Crippen LogP contribution in [0.2, 0.25) is 0 Å². The number of carboxylic acid groups (broad SMARTS) is 1. The van der Waals surface area contributed by atoms with E-state index in [1.807, 2.05) is 18.2 Å². The highest BCUT2D eigenvalue weighted by Gasteiger charge is 2.05. The molecule has 7 heteroatoms. The third-order valence-corrected chi connectivity index (χ3v) is 2.63. The Morgan fingerprint density at radius 3 is 2.62 bits per heavy atom. The number of carbonyl (C=O) groups is 2. The summed E-state index contributed by atoms with van der Waals surface area (Å²) < 4.78 is 0. The second-order valence-electron chi connectivity index (χ2n) is 4.19. The molecule has 2 heterocycles. The summed E-state index contributed by atoms with van der Waals surface area (Å²) >= 11 is 0. The zero-order chi connectivity index (χ0) is 15.1. The standard InChI is InChI=1S/C14H14N4O3/c19-13(20)12-5-4-11(9-17-12)18-14(21)16-8-6-10-3-1-2-7-15-10/h1-5,7,9H,6,8H2,(H,19,20)(H2,16,18,21). The van der Waals surface area contributed by atoms with Crippen molar-refractivity contribution in [2.45, 2.75) is 6.42 Å². The molecule has 108 valence electrons. The number of hydrogen-bond donors (Lipinski definition) is 3. The summed E-state index contributed by atoms with van der Waals surface area (Å²) in [6.07, 6.45) is 3.62. The Hall–Kier alpha value is -2.96. The van der Waals surface area contributed by atoms with Gasteiger partial charge in [0.25, 0.3) is 0 Å². The van der Waals surface area contributed by atoms with Crippen LogP contribution in [-0.4, -0.2) is 33.6 Å². The second-order valence-corrected chi connectivity index (χ2v) is 4.19. The topological polar surface area (TPSA) is 104 Å². The molecule has 2 aromatic rings. The molecular formula is C14H14N4O3. The lowest BCUT2D eigenvalue weighted by molar-refractivity contribution is 0.0690. The van der Waals surface area contributed by atoms with Crippen molar-refractivity contribution in [1.29, 1.82) is 0 Å². The predicted octanol–water partition coefficient (Wildman–Crippen LogP) is 1.54. The van der Waals surface area contributed by atoms with Crippen molar-refractivity contribution in [3.8, 4) is 0 Å². The summed E-state index contributed by atoms with van der Waals surface area (Å²) in [5.74, 6) is -1.11. The van der Waals surface area contributed by atoms with Gasteiger partial charge in [0.05, 0.1) is 11.9 Å². The number of nitrogens with one attached hydrogen (secondary N) is 2. The van der Waals surface area contributed by atoms with Crippen LogP contribution in [0.5, 0.6) is 0 Å². The first-order valence-electron chi connectivity index (χ1n) is 6.29. The summed E-state index contributed by atoms with van der Waals surface area (Å²) in [4.78, 5) is 30.1. The van der Waals surface area contributed by atoms with Gasteiger partial charge < -0.3 is 15.7 Å². The molecule has 0 spiro atoms. The molecule has 21 heavy (non-hydrogen) atoms. The number of anilines is 1. The van der Waals surface area contributed by atoms with E-state index in [1.54, 1.807) is 6.20 Å². The fraction of sp³-hybridized carbons (Fsp3) is 0.143. The minimum atomic E-state index is -1.11. The Kier molecular flexibility index (Phi) is 4.81. The number of carboxylic acids is 1. The van der Waals surface area contributed by atoms with E-state index in [2.05, 4.69) is 20.6 Å². The third-order valence-electron chi connectivity index (χ3n) is 2.63.